The van der Waals surface area contributed by atoms with Crippen molar-refractivity contribution in [1.29, 1.82) is 0 Å². The van der Waals surface area contributed by atoms with Crippen molar-refractivity contribution in [2.24, 2.45) is 0 Å². The van der Waals surface area contributed by atoms with E-state index < -0.39 is 16.7 Å². The molecule has 0 aliphatic carbocycles. The van der Waals surface area contributed by atoms with Crippen molar-refractivity contribution in [2.75, 3.05) is 56.0 Å². The van der Waals surface area contributed by atoms with E-state index in [4.69, 9.17) is 11.6 Å². The summed E-state index contributed by atoms with van der Waals surface area (Å²) >= 11 is 6.20. The number of piperazine rings is 1. The Bertz CT molecular complexity index is 1120. The first-order chi connectivity index (χ1) is 18.4. The van der Waals surface area contributed by atoms with Crippen LogP contribution in [0.1, 0.15) is 30.7 Å². The fraction of sp³-hybridized carbons (Fsp3) is 0.609. The van der Waals surface area contributed by atoms with Gasteiger partial charge in [-0.3, -0.25) is 9.69 Å². The average Bonchev–Trinajstić information content (AvgIpc) is 3.37. The number of rotatable bonds is 8. The molecule has 7 nitrogen and oxygen atoms in total. The number of thioether (sulfide) groups is 1. The summed E-state index contributed by atoms with van der Waals surface area (Å²) in [6, 6.07) is 4.52. The molecule has 4 rings (SSSR count). The number of nitrogens with zero attached hydrogens (tertiary/aromatic N) is 5. The second-order valence-electron chi connectivity index (χ2n) is 9.31. The predicted octanol–water partition coefficient (Wildman–Crippen LogP) is 5.83. The molecule has 0 radical (unpaired) electrons. The van der Waals surface area contributed by atoms with Gasteiger partial charge in [-0.25, -0.2) is 0 Å². The highest BCUT2D eigenvalue weighted by atomic mass is 35.5. The molecule has 0 bridgehead atoms. The third kappa shape index (κ3) is 8.76. The maximum absolute atomic E-state index is 12.8. The molecule has 0 saturated carbocycles. The van der Waals surface area contributed by atoms with Crippen LogP contribution in [0.4, 0.5) is 37.2 Å². The van der Waals surface area contributed by atoms with Gasteiger partial charge in [0.1, 0.15) is 0 Å². The second-order valence-corrected chi connectivity index (χ2v) is 11.8. The lowest BCUT2D eigenvalue weighted by Crippen LogP contribution is -2.47. The van der Waals surface area contributed by atoms with Crippen molar-refractivity contribution in [1.82, 2.24) is 20.0 Å². The Balaban J connectivity index is 1.14. The summed E-state index contributed by atoms with van der Waals surface area (Å²) in [6.45, 7) is 4.27. The molecular formula is C23H27ClF6N6OS2. The Labute approximate surface area is 234 Å². The smallest absolute Gasteiger partial charge is 0.382 e. The SMILES string of the molecule is O=C(CCCN1CCN(c2nnc(C(F)(F)F)s2)CC1)N1CCC(Nc2ccc(Cl)c(SC(F)(F)F)c2)CC1. The highest BCUT2D eigenvalue weighted by Gasteiger charge is 2.36. The fourth-order valence-corrected chi connectivity index (χ4v) is 6.14. The zero-order chi connectivity index (χ0) is 28.2. The van der Waals surface area contributed by atoms with Crippen LogP contribution in [0.5, 0.6) is 0 Å². The van der Waals surface area contributed by atoms with E-state index in [1.54, 1.807) is 11.0 Å². The molecule has 2 aliphatic heterocycles. The Kier molecular flexibility index (Phi) is 9.76. The molecule has 1 aromatic carbocycles. The number of benzene rings is 1. The number of anilines is 2. The zero-order valence-electron chi connectivity index (χ0n) is 20.7. The molecule has 3 heterocycles. The van der Waals surface area contributed by atoms with Crippen molar-refractivity contribution in [3.63, 3.8) is 0 Å². The summed E-state index contributed by atoms with van der Waals surface area (Å²) in [5, 5.41) is 9.53. The van der Waals surface area contributed by atoms with Crippen molar-refractivity contribution in [2.45, 2.75) is 48.3 Å². The summed E-state index contributed by atoms with van der Waals surface area (Å²) in [7, 11) is 0. The van der Waals surface area contributed by atoms with E-state index in [1.807, 2.05) is 4.90 Å². The number of piperidine rings is 1. The third-order valence-corrected chi connectivity index (χ3v) is 8.80. The summed E-state index contributed by atoms with van der Waals surface area (Å²) < 4.78 is 76.5. The Morgan fingerprint density at radius 1 is 1.05 bits per heavy atom. The minimum atomic E-state index is -4.49. The van der Waals surface area contributed by atoms with Crippen LogP contribution in [0, 0.1) is 0 Å². The zero-order valence-corrected chi connectivity index (χ0v) is 23.1. The Hall–Kier alpha value is -1.97. The van der Waals surface area contributed by atoms with Crippen LogP contribution in [0.3, 0.4) is 0 Å². The topological polar surface area (TPSA) is 64.6 Å². The average molecular weight is 617 g/mol. The van der Waals surface area contributed by atoms with Crippen LogP contribution in [0.2, 0.25) is 5.02 Å². The number of carbonyl (C=O) groups is 1. The lowest BCUT2D eigenvalue weighted by molar-refractivity contribution is -0.138. The van der Waals surface area contributed by atoms with Crippen molar-refractivity contribution in [3.05, 3.63) is 28.2 Å². The van der Waals surface area contributed by atoms with Gasteiger partial charge in [0.25, 0.3) is 0 Å². The Morgan fingerprint density at radius 3 is 2.36 bits per heavy atom. The van der Waals surface area contributed by atoms with Gasteiger partial charge in [-0.05, 0) is 55.8 Å². The predicted molar refractivity (Wildman–Crippen MR) is 139 cm³/mol. The largest absolute Gasteiger partial charge is 0.446 e. The molecule has 2 fully saturated rings. The van der Waals surface area contributed by atoms with Gasteiger partial charge in [0.2, 0.25) is 16.0 Å². The molecule has 2 aromatic rings. The van der Waals surface area contributed by atoms with Crippen LogP contribution in [-0.4, -0.2) is 83.3 Å². The number of amides is 1. The van der Waals surface area contributed by atoms with Crippen LogP contribution in [0.25, 0.3) is 0 Å². The van der Waals surface area contributed by atoms with E-state index in [0.29, 0.717) is 82.0 Å². The monoisotopic (exact) mass is 616 g/mol. The van der Waals surface area contributed by atoms with Gasteiger partial charge in [0.05, 0.1) is 5.02 Å². The van der Waals surface area contributed by atoms with Gasteiger partial charge >= 0.3 is 11.7 Å². The highest BCUT2D eigenvalue weighted by Crippen LogP contribution is 2.41. The quantitative estimate of drug-likeness (QED) is 0.296. The van der Waals surface area contributed by atoms with E-state index in [1.165, 1.54) is 12.1 Å². The summed E-state index contributed by atoms with van der Waals surface area (Å²) in [6.07, 6.45) is -2.05. The van der Waals surface area contributed by atoms with Crippen molar-refractivity contribution in [3.8, 4) is 0 Å². The van der Waals surface area contributed by atoms with Gasteiger partial charge in [-0.1, -0.05) is 22.9 Å². The fourth-order valence-electron chi connectivity index (χ4n) is 4.54. The highest BCUT2D eigenvalue weighted by molar-refractivity contribution is 8.00. The second kappa shape index (κ2) is 12.7. The van der Waals surface area contributed by atoms with E-state index in [2.05, 4.69) is 20.4 Å². The molecule has 1 amide bonds. The first-order valence-electron chi connectivity index (χ1n) is 12.3. The van der Waals surface area contributed by atoms with Crippen molar-refractivity contribution < 1.29 is 31.1 Å². The van der Waals surface area contributed by atoms with Gasteiger partial charge in [-0.2, -0.15) is 26.3 Å². The lowest BCUT2D eigenvalue weighted by atomic mass is 10.0. The summed E-state index contributed by atoms with van der Waals surface area (Å²) in [5.41, 5.74) is -3.87. The lowest BCUT2D eigenvalue weighted by Gasteiger charge is -2.35. The molecule has 16 heteroatoms. The molecule has 0 atom stereocenters. The number of likely N-dealkylation sites (tertiary alicyclic amines) is 1. The normalized spacial score (nSPS) is 18.0. The van der Waals surface area contributed by atoms with Gasteiger partial charge in [-0.15, -0.1) is 10.2 Å². The number of halogens is 7. The number of hydrogen-bond acceptors (Lipinski definition) is 8. The van der Waals surface area contributed by atoms with E-state index in [9.17, 15) is 31.1 Å². The molecule has 39 heavy (non-hydrogen) atoms. The number of nitrogens with one attached hydrogen (secondary N) is 1. The molecular weight excluding hydrogens is 590 g/mol. The first kappa shape index (κ1) is 30.0. The van der Waals surface area contributed by atoms with Crippen molar-refractivity contribution >= 4 is 51.4 Å². The van der Waals surface area contributed by atoms with Crippen LogP contribution in [-0.2, 0) is 11.0 Å². The maximum atomic E-state index is 12.8. The Morgan fingerprint density at radius 2 is 1.74 bits per heavy atom. The number of alkyl halides is 6. The molecule has 1 N–H and O–H groups in total. The molecule has 216 valence electrons. The molecule has 0 unspecified atom stereocenters. The van der Waals surface area contributed by atoms with Crippen LogP contribution in [0.15, 0.2) is 23.1 Å². The van der Waals surface area contributed by atoms with Crippen LogP contribution < -0.4 is 10.2 Å². The summed E-state index contributed by atoms with van der Waals surface area (Å²) in [5.74, 6) is 0.0657. The molecule has 2 aliphatic rings. The number of hydrogen-bond donors (Lipinski definition) is 1. The first-order valence-corrected chi connectivity index (χ1v) is 14.4. The van der Waals surface area contributed by atoms with Gasteiger partial charge < -0.3 is 15.1 Å². The molecule has 2 saturated heterocycles. The number of aromatic nitrogens is 2. The van der Waals surface area contributed by atoms with Gasteiger partial charge in [0.15, 0.2) is 0 Å². The molecule has 0 spiro atoms. The minimum absolute atomic E-state index is 0.0375. The maximum Gasteiger partial charge on any atom is 0.446 e. The minimum Gasteiger partial charge on any atom is -0.382 e. The van der Waals surface area contributed by atoms with Gasteiger partial charge in [0, 0.05) is 62.3 Å². The van der Waals surface area contributed by atoms with E-state index in [-0.39, 0.29) is 38.8 Å². The van der Waals surface area contributed by atoms with Crippen LogP contribution >= 0.6 is 34.7 Å². The van der Waals surface area contributed by atoms with E-state index in [0.717, 1.165) is 6.54 Å². The molecule has 1 aromatic heterocycles. The number of carbonyl (C=O) groups excluding carboxylic acids is 1. The standard InChI is InChI=1S/C23H27ClF6N6OS2/c24-17-4-3-16(14-18(17)39-23(28,29)30)31-15-5-8-35(9-6-15)19(37)2-1-7-34-10-12-36(13-11-34)21-33-32-20(38-21)22(25,26)27/h3-4,14-15,31H,1-2,5-13H2. The van der Waals surface area contributed by atoms with E-state index >= 15 is 0 Å². The third-order valence-electron chi connectivity index (χ3n) is 6.54. The summed E-state index contributed by atoms with van der Waals surface area (Å²) in [4.78, 5) is 18.4.